The molecule has 1 fully saturated rings. The number of likely N-dealkylation sites (tertiary alicyclic amines) is 1. The molecule has 1 saturated heterocycles. The molecule has 1 aliphatic rings. The average Bonchev–Trinajstić information content (AvgIpc) is 2.80. The highest BCUT2D eigenvalue weighted by Gasteiger charge is 2.43. The lowest BCUT2D eigenvalue weighted by Gasteiger charge is -2.39. The van der Waals surface area contributed by atoms with Crippen LogP contribution < -0.4 is 10.1 Å². The fraction of sp³-hybridized carbons (Fsp3) is 0.417. The molecule has 31 heavy (non-hydrogen) atoms. The molecule has 2 amide bonds. The first-order chi connectivity index (χ1) is 15.1. The van der Waals surface area contributed by atoms with Crippen molar-refractivity contribution in [3.8, 4) is 5.75 Å². The average molecular weight is 443 g/mol. The summed E-state index contributed by atoms with van der Waals surface area (Å²) in [5.41, 5.74) is 0.149. The number of hydrogen-bond acceptors (Lipinski definition) is 5. The van der Waals surface area contributed by atoms with E-state index in [0.717, 1.165) is 16.3 Å². The van der Waals surface area contributed by atoms with Gasteiger partial charge in [-0.25, -0.2) is 4.79 Å². The number of urea groups is 1. The molecule has 0 spiro atoms. The van der Waals surface area contributed by atoms with Gasteiger partial charge in [-0.05, 0) is 62.8 Å². The molecule has 166 valence electrons. The predicted molar refractivity (Wildman–Crippen MR) is 124 cm³/mol. The van der Waals surface area contributed by atoms with Crippen LogP contribution in [0.15, 0.2) is 59.5 Å². The number of carbonyl (C=O) groups excluding carboxylic acids is 2. The van der Waals surface area contributed by atoms with Gasteiger partial charge in [0.2, 0.25) is 0 Å². The number of benzene rings is 2. The number of nitrogens with one attached hydrogen (secondary N) is 1. The van der Waals surface area contributed by atoms with Crippen molar-refractivity contribution in [3.05, 3.63) is 54.6 Å². The first kappa shape index (κ1) is 23.0. The Morgan fingerprint density at radius 2 is 1.84 bits per heavy atom. The number of thioether (sulfide) groups is 1. The van der Waals surface area contributed by atoms with E-state index >= 15 is 0 Å². The van der Waals surface area contributed by atoms with Crippen LogP contribution in [-0.2, 0) is 9.53 Å². The summed E-state index contributed by atoms with van der Waals surface area (Å²) >= 11 is 1.63. The van der Waals surface area contributed by atoms with E-state index in [0.29, 0.717) is 45.6 Å². The zero-order valence-electron chi connectivity index (χ0n) is 18.1. The molecule has 1 aliphatic heterocycles. The Bertz CT molecular complexity index is 867. The number of amides is 2. The number of carbonyl (C=O) groups is 2. The van der Waals surface area contributed by atoms with Crippen LogP contribution in [0, 0.1) is 5.41 Å². The number of hydrogen-bond donors (Lipinski definition) is 1. The van der Waals surface area contributed by atoms with Gasteiger partial charge in [-0.3, -0.25) is 4.79 Å². The molecular weight excluding hydrogens is 412 g/mol. The van der Waals surface area contributed by atoms with Crippen LogP contribution in [0.3, 0.4) is 0 Å². The maximum Gasteiger partial charge on any atom is 0.321 e. The van der Waals surface area contributed by atoms with Crippen molar-refractivity contribution in [2.75, 3.05) is 37.9 Å². The van der Waals surface area contributed by atoms with Crippen LogP contribution in [0.4, 0.5) is 10.5 Å². The third kappa shape index (κ3) is 6.17. The van der Waals surface area contributed by atoms with E-state index in [1.807, 2.05) is 67.8 Å². The van der Waals surface area contributed by atoms with Crippen molar-refractivity contribution < 1.29 is 19.1 Å². The van der Waals surface area contributed by atoms with Gasteiger partial charge in [0.1, 0.15) is 5.75 Å². The summed E-state index contributed by atoms with van der Waals surface area (Å²) in [6, 6.07) is 17.2. The van der Waals surface area contributed by atoms with Crippen LogP contribution in [0.1, 0.15) is 26.2 Å². The standard InChI is InChI=1S/C24H30N2O4S/c1-3-29-22(27)24(14-17-30-20-9-5-4-6-10-20)12-15-26(16-13-24)23(28)25-19-8-7-11-21(18-19)31-2/h4-11,18H,3,12-17H2,1-2H3,(H,25,28). The lowest BCUT2D eigenvalue weighted by molar-refractivity contribution is -0.159. The highest BCUT2D eigenvalue weighted by Crippen LogP contribution is 2.37. The van der Waals surface area contributed by atoms with Crippen molar-refractivity contribution in [2.24, 2.45) is 5.41 Å². The number of nitrogens with zero attached hydrogens (tertiary/aromatic N) is 1. The first-order valence-corrected chi connectivity index (χ1v) is 11.8. The summed E-state index contributed by atoms with van der Waals surface area (Å²) in [7, 11) is 0. The second-order valence-electron chi connectivity index (χ2n) is 7.56. The Kier molecular flexibility index (Phi) is 8.23. The molecule has 2 aromatic rings. The summed E-state index contributed by atoms with van der Waals surface area (Å²) in [6.07, 6.45) is 3.68. The molecule has 3 rings (SSSR count). The molecule has 0 aromatic heterocycles. The van der Waals surface area contributed by atoms with E-state index in [1.54, 1.807) is 16.7 Å². The molecule has 6 nitrogen and oxygen atoms in total. The van der Waals surface area contributed by atoms with Crippen LogP contribution in [0.2, 0.25) is 0 Å². The molecule has 0 bridgehead atoms. The van der Waals surface area contributed by atoms with E-state index < -0.39 is 5.41 Å². The van der Waals surface area contributed by atoms with Crippen molar-refractivity contribution >= 4 is 29.4 Å². The van der Waals surface area contributed by atoms with Gasteiger partial charge in [0.05, 0.1) is 18.6 Å². The third-order valence-electron chi connectivity index (χ3n) is 5.63. The van der Waals surface area contributed by atoms with Gasteiger partial charge in [0.15, 0.2) is 0 Å². The second-order valence-corrected chi connectivity index (χ2v) is 8.44. The SMILES string of the molecule is CCOC(=O)C1(CCOc2ccccc2)CCN(C(=O)Nc2cccc(SC)c2)CC1. The van der Waals surface area contributed by atoms with Crippen molar-refractivity contribution in [1.82, 2.24) is 4.90 Å². The first-order valence-electron chi connectivity index (χ1n) is 10.6. The van der Waals surface area contributed by atoms with Crippen molar-refractivity contribution in [2.45, 2.75) is 31.1 Å². The molecule has 0 aliphatic carbocycles. The smallest absolute Gasteiger partial charge is 0.321 e. The number of para-hydroxylation sites is 1. The van der Waals surface area contributed by atoms with Crippen molar-refractivity contribution in [1.29, 1.82) is 0 Å². The Balaban J connectivity index is 1.59. The molecule has 0 atom stereocenters. The highest BCUT2D eigenvalue weighted by molar-refractivity contribution is 7.98. The predicted octanol–water partition coefficient (Wildman–Crippen LogP) is 5.05. The van der Waals surface area contributed by atoms with Gasteiger partial charge in [0, 0.05) is 23.7 Å². The van der Waals surface area contributed by atoms with Crippen LogP contribution in [0.25, 0.3) is 0 Å². The largest absolute Gasteiger partial charge is 0.494 e. The Morgan fingerprint density at radius 3 is 2.52 bits per heavy atom. The molecular formula is C24H30N2O4S. The zero-order chi connectivity index (χ0) is 22.1. The monoisotopic (exact) mass is 442 g/mol. The van der Waals surface area contributed by atoms with Gasteiger partial charge < -0.3 is 19.7 Å². The Morgan fingerprint density at radius 1 is 1.10 bits per heavy atom. The summed E-state index contributed by atoms with van der Waals surface area (Å²) < 4.78 is 11.2. The van der Waals surface area contributed by atoms with E-state index in [2.05, 4.69) is 5.32 Å². The highest BCUT2D eigenvalue weighted by atomic mass is 32.2. The lowest BCUT2D eigenvalue weighted by atomic mass is 9.76. The number of ether oxygens (including phenoxy) is 2. The quantitative estimate of drug-likeness (QED) is 0.457. The minimum absolute atomic E-state index is 0.142. The van der Waals surface area contributed by atoms with E-state index in [4.69, 9.17) is 9.47 Å². The summed E-state index contributed by atoms with van der Waals surface area (Å²) in [5, 5.41) is 2.97. The molecule has 7 heteroatoms. The van der Waals surface area contributed by atoms with Gasteiger partial charge in [0.25, 0.3) is 0 Å². The molecule has 0 radical (unpaired) electrons. The number of anilines is 1. The van der Waals surface area contributed by atoms with Crippen LogP contribution >= 0.6 is 11.8 Å². The summed E-state index contributed by atoms with van der Waals surface area (Å²) in [6.45, 7) is 3.58. The zero-order valence-corrected chi connectivity index (χ0v) is 19.0. The minimum atomic E-state index is -0.625. The van der Waals surface area contributed by atoms with E-state index in [-0.39, 0.29) is 12.0 Å². The van der Waals surface area contributed by atoms with Gasteiger partial charge in [-0.15, -0.1) is 11.8 Å². The fourth-order valence-corrected chi connectivity index (χ4v) is 4.22. The van der Waals surface area contributed by atoms with Crippen LogP contribution in [0.5, 0.6) is 5.75 Å². The van der Waals surface area contributed by atoms with Gasteiger partial charge >= 0.3 is 12.0 Å². The van der Waals surface area contributed by atoms with E-state index in [9.17, 15) is 9.59 Å². The second kappa shape index (κ2) is 11.1. The lowest BCUT2D eigenvalue weighted by Crippen LogP contribution is -2.49. The van der Waals surface area contributed by atoms with Gasteiger partial charge in [-0.2, -0.15) is 0 Å². The molecule has 2 aromatic carbocycles. The molecule has 0 unspecified atom stereocenters. The molecule has 1 N–H and O–H groups in total. The van der Waals surface area contributed by atoms with Crippen molar-refractivity contribution in [3.63, 3.8) is 0 Å². The van der Waals surface area contributed by atoms with Crippen LogP contribution in [-0.4, -0.2) is 49.5 Å². The normalized spacial score (nSPS) is 15.2. The number of rotatable bonds is 8. The molecule has 0 saturated carbocycles. The topological polar surface area (TPSA) is 67.9 Å². The Hall–Kier alpha value is -2.67. The fourth-order valence-electron chi connectivity index (χ4n) is 3.76. The minimum Gasteiger partial charge on any atom is -0.494 e. The summed E-state index contributed by atoms with van der Waals surface area (Å²) in [4.78, 5) is 28.4. The van der Waals surface area contributed by atoms with E-state index in [1.165, 1.54) is 0 Å². The molecule has 1 heterocycles. The maximum absolute atomic E-state index is 12.8. The Labute approximate surface area is 188 Å². The third-order valence-corrected chi connectivity index (χ3v) is 6.36. The number of esters is 1. The number of piperidine rings is 1. The van der Waals surface area contributed by atoms with Gasteiger partial charge in [-0.1, -0.05) is 24.3 Å². The summed E-state index contributed by atoms with van der Waals surface area (Å²) in [5.74, 6) is 0.588. The maximum atomic E-state index is 12.8.